The number of hydrogen-bond acceptors (Lipinski definition) is 3. The Morgan fingerprint density at radius 3 is 2.62 bits per heavy atom. The number of para-hydroxylation sites is 1. The molecular weight excluding hydrogens is 287 g/mol. The van der Waals surface area contributed by atoms with E-state index in [4.69, 9.17) is 9.84 Å². The fourth-order valence-corrected chi connectivity index (χ4v) is 1.68. The maximum Gasteiger partial charge on any atom is 0.406 e. The smallest absolute Gasteiger partial charge is 0.406 e. The molecule has 0 aromatic heterocycles. The summed E-state index contributed by atoms with van der Waals surface area (Å²) in [5.74, 6) is -0.673. The molecule has 1 rings (SSSR count). The van der Waals surface area contributed by atoms with Crippen LogP contribution in [-0.4, -0.2) is 48.4 Å². The van der Waals surface area contributed by atoms with Gasteiger partial charge in [0.05, 0.1) is 12.2 Å². The molecule has 1 N–H and O–H groups in total. The first-order valence-electron chi connectivity index (χ1n) is 6.18. The molecule has 0 saturated heterocycles. The number of aliphatic hydroxyl groups excluding tert-OH is 1. The highest BCUT2D eigenvalue weighted by Gasteiger charge is 2.33. The van der Waals surface area contributed by atoms with E-state index in [0.717, 1.165) is 0 Å². The van der Waals surface area contributed by atoms with E-state index in [1.54, 1.807) is 6.07 Å². The molecule has 116 valence electrons. The number of aliphatic hydroxyl groups is 1. The second-order valence-electron chi connectivity index (χ2n) is 4.16. The van der Waals surface area contributed by atoms with Gasteiger partial charge in [-0.05, 0) is 12.1 Å². The predicted molar refractivity (Wildman–Crippen MR) is 71.2 cm³/mol. The fraction of sp³-hybridized carbons (Fsp3) is 0.357. The van der Waals surface area contributed by atoms with Crippen molar-refractivity contribution in [3.05, 3.63) is 42.5 Å². The lowest BCUT2D eigenvalue weighted by molar-refractivity contribution is -0.141. The van der Waals surface area contributed by atoms with Gasteiger partial charge in [0.2, 0.25) is 0 Å². The standard InChI is InChI=1S/C14H16F3NO3/c1-2-9-21-12-6-4-3-5-11(12)13(20)18(7-8-19)10-14(15,16)17/h2-6,19H,1,7-10H2. The van der Waals surface area contributed by atoms with Crippen molar-refractivity contribution < 1.29 is 27.8 Å². The SMILES string of the molecule is C=CCOc1ccccc1C(=O)N(CCO)CC(F)(F)F. The van der Waals surface area contributed by atoms with Crippen LogP contribution < -0.4 is 4.74 Å². The zero-order chi connectivity index (χ0) is 15.9. The summed E-state index contributed by atoms with van der Waals surface area (Å²) in [6, 6.07) is 6.00. The van der Waals surface area contributed by atoms with E-state index in [2.05, 4.69) is 6.58 Å². The summed E-state index contributed by atoms with van der Waals surface area (Å²) in [6.07, 6.45) is -3.08. The van der Waals surface area contributed by atoms with E-state index < -0.39 is 31.8 Å². The maximum absolute atomic E-state index is 12.5. The third kappa shape index (κ3) is 5.47. The molecule has 0 bridgehead atoms. The molecule has 0 saturated carbocycles. The number of halogens is 3. The first-order chi connectivity index (χ1) is 9.89. The molecule has 0 radical (unpaired) electrons. The topological polar surface area (TPSA) is 49.8 Å². The van der Waals surface area contributed by atoms with Crippen molar-refractivity contribution in [2.24, 2.45) is 0 Å². The van der Waals surface area contributed by atoms with Crippen molar-refractivity contribution >= 4 is 5.91 Å². The van der Waals surface area contributed by atoms with Gasteiger partial charge in [-0.3, -0.25) is 4.79 Å². The van der Waals surface area contributed by atoms with Gasteiger partial charge < -0.3 is 14.7 Å². The Kier molecular flexibility index (Phi) is 6.23. The largest absolute Gasteiger partial charge is 0.489 e. The van der Waals surface area contributed by atoms with Crippen LogP contribution in [0.4, 0.5) is 13.2 Å². The highest BCUT2D eigenvalue weighted by molar-refractivity contribution is 5.97. The molecule has 7 heteroatoms. The van der Waals surface area contributed by atoms with E-state index in [0.29, 0.717) is 4.90 Å². The molecule has 0 spiro atoms. The van der Waals surface area contributed by atoms with E-state index >= 15 is 0 Å². The number of hydrogen-bond donors (Lipinski definition) is 1. The summed E-state index contributed by atoms with van der Waals surface area (Å²) < 4.78 is 42.7. The molecule has 0 aliphatic carbocycles. The molecule has 0 aliphatic heterocycles. The minimum Gasteiger partial charge on any atom is -0.489 e. The Morgan fingerprint density at radius 2 is 2.05 bits per heavy atom. The van der Waals surface area contributed by atoms with Crippen LogP contribution >= 0.6 is 0 Å². The third-order valence-corrected chi connectivity index (χ3v) is 2.50. The molecule has 0 unspecified atom stereocenters. The van der Waals surface area contributed by atoms with Gasteiger partial charge in [0, 0.05) is 6.54 Å². The molecule has 1 aromatic rings. The molecule has 21 heavy (non-hydrogen) atoms. The molecule has 1 amide bonds. The van der Waals surface area contributed by atoms with Gasteiger partial charge in [-0.25, -0.2) is 0 Å². The number of carbonyl (C=O) groups excluding carboxylic acids is 1. The van der Waals surface area contributed by atoms with Crippen molar-refractivity contribution in [3.8, 4) is 5.75 Å². The Hall–Kier alpha value is -2.02. The number of ether oxygens (including phenoxy) is 1. The van der Waals surface area contributed by atoms with Crippen LogP contribution in [0.5, 0.6) is 5.75 Å². The monoisotopic (exact) mass is 303 g/mol. The zero-order valence-corrected chi connectivity index (χ0v) is 11.3. The van der Waals surface area contributed by atoms with Crippen molar-refractivity contribution in [1.29, 1.82) is 0 Å². The Balaban J connectivity index is 3.00. The van der Waals surface area contributed by atoms with Gasteiger partial charge in [-0.2, -0.15) is 13.2 Å². The number of amides is 1. The van der Waals surface area contributed by atoms with Crippen LogP contribution in [0.15, 0.2) is 36.9 Å². The lowest BCUT2D eigenvalue weighted by Gasteiger charge is -2.24. The van der Waals surface area contributed by atoms with Crippen LogP contribution in [0, 0.1) is 0 Å². The average Bonchev–Trinajstić information content (AvgIpc) is 2.43. The quantitative estimate of drug-likeness (QED) is 0.786. The Bertz CT molecular complexity index is 489. The fourth-order valence-electron chi connectivity index (χ4n) is 1.68. The summed E-state index contributed by atoms with van der Waals surface area (Å²) in [5.41, 5.74) is 0.0112. The molecule has 0 heterocycles. The highest BCUT2D eigenvalue weighted by atomic mass is 19.4. The van der Waals surface area contributed by atoms with Gasteiger partial charge in [0.25, 0.3) is 5.91 Å². The van der Waals surface area contributed by atoms with E-state index in [1.165, 1.54) is 24.3 Å². The lowest BCUT2D eigenvalue weighted by Crippen LogP contribution is -2.40. The van der Waals surface area contributed by atoms with E-state index in [1.807, 2.05) is 0 Å². The molecule has 0 fully saturated rings. The highest BCUT2D eigenvalue weighted by Crippen LogP contribution is 2.23. The number of nitrogens with zero attached hydrogens (tertiary/aromatic N) is 1. The maximum atomic E-state index is 12.5. The summed E-state index contributed by atoms with van der Waals surface area (Å²) in [5, 5.41) is 8.83. The summed E-state index contributed by atoms with van der Waals surface area (Å²) in [4.78, 5) is 12.7. The van der Waals surface area contributed by atoms with E-state index in [9.17, 15) is 18.0 Å². The second kappa shape index (κ2) is 7.68. The second-order valence-corrected chi connectivity index (χ2v) is 4.16. The van der Waals surface area contributed by atoms with Gasteiger partial charge in [-0.1, -0.05) is 24.8 Å². The Labute approximate surface area is 120 Å². The summed E-state index contributed by atoms with van der Waals surface area (Å²) >= 11 is 0. The van der Waals surface area contributed by atoms with Crippen LogP contribution in [0.2, 0.25) is 0 Å². The molecule has 1 aromatic carbocycles. The van der Waals surface area contributed by atoms with Crippen molar-refractivity contribution in [2.45, 2.75) is 6.18 Å². The van der Waals surface area contributed by atoms with Gasteiger partial charge in [-0.15, -0.1) is 0 Å². The van der Waals surface area contributed by atoms with Crippen LogP contribution in [0.25, 0.3) is 0 Å². The van der Waals surface area contributed by atoms with Crippen LogP contribution in [0.3, 0.4) is 0 Å². The zero-order valence-electron chi connectivity index (χ0n) is 11.3. The van der Waals surface area contributed by atoms with Crippen molar-refractivity contribution in [3.63, 3.8) is 0 Å². The van der Waals surface area contributed by atoms with Crippen LogP contribution in [0.1, 0.15) is 10.4 Å². The van der Waals surface area contributed by atoms with Crippen molar-refractivity contribution in [1.82, 2.24) is 4.90 Å². The van der Waals surface area contributed by atoms with E-state index in [-0.39, 0.29) is 17.9 Å². The average molecular weight is 303 g/mol. The van der Waals surface area contributed by atoms with Gasteiger partial charge in [0.15, 0.2) is 0 Å². The first-order valence-corrected chi connectivity index (χ1v) is 6.18. The molecule has 0 atom stereocenters. The molecule has 0 aliphatic rings. The first kappa shape index (κ1) is 17.0. The van der Waals surface area contributed by atoms with Gasteiger partial charge in [0.1, 0.15) is 18.9 Å². The third-order valence-electron chi connectivity index (χ3n) is 2.50. The number of alkyl halides is 3. The number of rotatable bonds is 7. The number of carbonyl (C=O) groups is 1. The van der Waals surface area contributed by atoms with Gasteiger partial charge >= 0.3 is 6.18 Å². The predicted octanol–water partition coefficient (Wildman–Crippen LogP) is 2.25. The van der Waals surface area contributed by atoms with Crippen LogP contribution in [-0.2, 0) is 0 Å². The normalized spacial score (nSPS) is 11.0. The number of benzene rings is 1. The minimum atomic E-state index is -4.54. The minimum absolute atomic E-state index is 0.0112. The van der Waals surface area contributed by atoms with Crippen molar-refractivity contribution in [2.75, 3.05) is 26.3 Å². The summed E-state index contributed by atoms with van der Waals surface area (Å²) in [6.45, 7) is 1.19. The lowest BCUT2D eigenvalue weighted by atomic mass is 10.1. The molecule has 4 nitrogen and oxygen atoms in total. The molecular formula is C14H16F3NO3. The Morgan fingerprint density at radius 1 is 1.38 bits per heavy atom. The summed E-state index contributed by atoms with van der Waals surface area (Å²) in [7, 11) is 0.